The van der Waals surface area contributed by atoms with Gasteiger partial charge in [0.05, 0.1) is 12.4 Å². The van der Waals surface area contributed by atoms with Gasteiger partial charge in [-0.25, -0.2) is 0 Å². The van der Waals surface area contributed by atoms with E-state index in [4.69, 9.17) is 4.42 Å². The molecule has 4 rings (SSSR count). The minimum atomic E-state index is -0.409. The van der Waals surface area contributed by atoms with Gasteiger partial charge in [0.25, 0.3) is 0 Å². The highest BCUT2D eigenvalue weighted by atomic mass is 16.3. The van der Waals surface area contributed by atoms with E-state index in [0.717, 1.165) is 30.0 Å². The van der Waals surface area contributed by atoms with Gasteiger partial charge in [-0.15, -0.1) is 0 Å². The molecule has 2 heterocycles. The lowest BCUT2D eigenvalue weighted by atomic mass is 9.97. The van der Waals surface area contributed by atoms with Crippen LogP contribution >= 0.6 is 0 Å². The highest BCUT2D eigenvalue weighted by Crippen LogP contribution is 2.28. The second-order valence-corrected chi connectivity index (χ2v) is 6.06. The Kier molecular flexibility index (Phi) is 3.74. The molecule has 0 amide bonds. The normalized spacial score (nSPS) is 17.9. The van der Waals surface area contributed by atoms with Crippen LogP contribution in [0.2, 0.25) is 0 Å². The average molecular weight is 305 g/mol. The number of aliphatic hydroxyl groups excluding tert-OH is 1. The first kappa shape index (κ1) is 14.2. The molecular formula is C20H19NO2. The Bertz CT molecular complexity index is 795. The number of fused-ring (bicyclic) bond motifs is 1. The molecule has 2 aromatic carbocycles. The van der Waals surface area contributed by atoms with Gasteiger partial charge in [-0.2, -0.15) is 0 Å². The van der Waals surface area contributed by atoms with Crippen LogP contribution in [-0.4, -0.2) is 16.6 Å². The highest BCUT2D eigenvalue weighted by molar-refractivity contribution is 5.58. The zero-order chi connectivity index (χ0) is 15.6. The maximum Gasteiger partial charge on any atom is 0.133 e. The predicted molar refractivity (Wildman–Crippen MR) is 89.7 cm³/mol. The summed E-state index contributed by atoms with van der Waals surface area (Å²) in [5, 5.41) is 10.4. The predicted octanol–water partition coefficient (Wildman–Crippen LogP) is 4.00. The van der Waals surface area contributed by atoms with Crippen molar-refractivity contribution in [2.24, 2.45) is 0 Å². The van der Waals surface area contributed by atoms with E-state index >= 15 is 0 Å². The molecule has 1 aliphatic heterocycles. The largest absolute Gasteiger partial charge is 0.464 e. The first-order valence-corrected chi connectivity index (χ1v) is 7.90. The number of aliphatic hydroxyl groups is 1. The molecule has 0 fully saturated rings. The van der Waals surface area contributed by atoms with Crippen molar-refractivity contribution in [1.82, 2.24) is 4.90 Å². The van der Waals surface area contributed by atoms with Crippen LogP contribution in [0.3, 0.4) is 0 Å². The van der Waals surface area contributed by atoms with Crippen LogP contribution in [0, 0.1) is 0 Å². The zero-order valence-corrected chi connectivity index (χ0v) is 12.9. The van der Waals surface area contributed by atoms with Crippen molar-refractivity contribution in [3.63, 3.8) is 0 Å². The van der Waals surface area contributed by atoms with Gasteiger partial charge in [-0.05, 0) is 34.9 Å². The van der Waals surface area contributed by atoms with Crippen LogP contribution in [-0.2, 0) is 13.1 Å². The summed E-state index contributed by atoms with van der Waals surface area (Å²) in [5.41, 5.74) is 4.59. The van der Waals surface area contributed by atoms with Crippen LogP contribution in [0.1, 0.15) is 22.8 Å². The van der Waals surface area contributed by atoms with Crippen molar-refractivity contribution < 1.29 is 9.52 Å². The molecule has 3 aromatic rings. The van der Waals surface area contributed by atoms with Gasteiger partial charge in [0.15, 0.2) is 0 Å². The standard InChI is InChI=1S/C20H19NO2/c22-19-14-21(13-17-6-1-2-8-18(17)19)12-15-5-3-7-16(11-15)20-9-4-10-23-20/h1-11,19,22H,12-14H2. The van der Waals surface area contributed by atoms with Gasteiger partial charge in [-0.1, -0.05) is 42.5 Å². The average Bonchev–Trinajstić information content (AvgIpc) is 3.10. The van der Waals surface area contributed by atoms with Gasteiger partial charge >= 0.3 is 0 Å². The van der Waals surface area contributed by atoms with Crippen molar-refractivity contribution in [2.45, 2.75) is 19.2 Å². The van der Waals surface area contributed by atoms with E-state index in [-0.39, 0.29) is 0 Å². The van der Waals surface area contributed by atoms with Gasteiger partial charge < -0.3 is 9.52 Å². The van der Waals surface area contributed by atoms with E-state index in [1.54, 1.807) is 6.26 Å². The van der Waals surface area contributed by atoms with Crippen molar-refractivity contribution in [1.29, 1.82) is 0 Å². The third-order valence-corrected chi connectivity index (χ3v) is 4.38. The van der Waals surface area contributed by atoms with Gasteiger partial charge in [-0.3, -0.25) is 4.90 Å². The summed E-state index contributed by atoms with van der Waals surface area (Å²) in [6, 6.07) is 20.4. The number of furan rings is 1. The molecule has 3 heteroatoms. The first-order valence-electron chi connectivity index (χ1n) is 7.90. The molecule has 1 aliphatic rings. The van der Waals surface area contributed by atoms with Gasteiger partial charge in [0.2, 0.25) is 0 Å². The fourth-order valence-corrected chi connectivity index (χ4v) is 3.30. The van der Waals surface area contributed by atoms with E-state index < -0.39 is 6.10 Å². The molecule has 1 atom stereocenters. The minimum absolute atomic E-state index is 0.409. The monoisotopic (exact) mass is 305 g/mol. The lowest BCUT2D eigenvalue weighted by Gasteiger charge is -2.32. The molecule has 0 radical (unpaired) electrons. The SMILES string of the molecule is OC1CN(Cc2cccc(-c3ccco3)c2)Cc2ccccc21. The molecule has 1 aromatic heterocycles. The Hall–Kier alpha value is -2.36. The maximum atomic E-state index is 10.4. The highest BCUT2D eigenvalue weighted by Gasteiger charge is 2.23. The zero-order valence-electron chi connectivity index (χ0n) is 12.9. The summed E-state index contributed by atoms with van der Waals surface area (Å²) in [5.74, 6) is 0.885. The second kappa shape index (κ2) is 6.03. The fraction of sp³-hybridized carbons (Fsp3) is 0.200. The molecule has 3 nitrogen and oxygen atoms in total. The quantitative estimate of drug-likeness (QED) is 0.794. The number of nitrogens with zero attached hydrogens (tertiary/aromatic N) is 1. The third-order valence-electron chi connectivity index (χ3n) is 4.38. The molecule has 116 valence electrons. The molecular weight excluding hydrogens is 286 g/mol. The van der Waals surface area contributed by atoms with Crippen LogP contribution in [0.4, 0.5) is 0 Å². The summed E-state index contributed by atoms with van der Waals surface area (Å²) < 4.78 is 5.47. The van der Waals surface area contributed by atoms with Crippen molar-refractivity contribution in [3.8, 4) is 11.3 Å². The second-order valence-electron chi connectivity index (χ2n) is 6.06. The number of β-amino-alcohol motifs (C(OH)–C–C–N with tert-alkyl or cyclic N) is 1. The lowest BCUT2D eigenvalue weighted by molar-refractivity contribution is 0.0882. The molecule has 0 spiro atoms. The fourth-order valence-electron chi connectivity index (χ4n) is 3.30. The molecule has 0 bridgehead atoms. The topological polar surface area (TPSA) is 36.6 Å². The number of hydrogen-bond donors (Lipinski definition) is 1. The smallest absolute Gasteiger partial charge is 0.133 e. The van der Waals surface area contributed by atoms with E-state index in [2.05, 4.69) is 35.2 Å². The van der Waals surface area contributed by atoms with Crippen LogP contribution in [0.5, 0.6) is 0 Å². The number of benzene rings is 2. The first-order chi connectivity index (χ1) is 11.3. The molecule has 0 saturated heterocycles. The summed E-state index contributed by atoms with van der Waals surface area (Å²) in [6.07, 6.45) is 1.29. The van der Waals surface area contributed by atoms with Crippen LogP contribution in [0.25, 0.3) is 11.3 Å². The third kappa shape index (κ3) is 2.93. The number of hydrogen-bond acceptors (Lipinski definition) is 3. The number of rotatable bonds is 3. The Balaban J connectivity index is 1.54. The lowest BCUT2D eigenvalue weighted by Crippen LogP contribution is -2.33. The molecule has 1 unspecified atom stereocenters. The Morgan fingerprint density at radius 3 is 2.83 bits per heavy atom. The van der Waals surface area contributed by atoms with Crippen molar-refractivity contribution in [3.05, 3.63) is 83.6 Å². The van der Waals surface area contributed by atoms with E-state index in [1.165, 1.54) is 11.1 Å². The van der Waals surface area contributed by atoms with Crippen LogP contribution < -0.4 is 0 Å². The molecule has 1 N–H and O–H groups in total. The Labute approximate surface area is 135 Å². The molecule has 23 heavy (non-hydrogen) atoms. The molecule has 0 aliphatic carbocycles. The summed E-state index contributed by atoms with van der Waals surface area (Å²) in [7, 11) is 0. The Morgan fingerprint density at radius 2 is 1.96 bits per heavy atom. The van der Waals surface area contributed by atoms with Crippen LogP contribution in [0.15, 0.2) is 71.3 Å². The summed E-state index contributed by atoms with van der Waals surface area (Å²) in [6.45, 7) is 2.36. The van der Waals surface area contributed by atoms with E-state index in [1.807, 2.05) is 30.3 Å². The Morgan fingerprint density at radius 1 is 1.04 bits per heavy atom. The maximum absolute atomic E-state index is 10.4. The van der Waals surface area contributed by atoms with E-state index in [9.17, 15) is 5.11 Å². The summed E-state index contributed by atoms with van der Waals surface area (Å²) >= 11 is 0. The minimum Gasteiger partial charge on any atom is -0.464 e. The van der Waals surface area contributed by atoms with Gasteiger partial charge in [0, 0.05) is 25.2 Å². The molecule has 0 saturated carbocycles. The van der Waals surface area contributed by atoms with E-state index in [0.29, 0.717) is 6.54 Å². The summed E-state index contributed by atoms with van der Waals surface area (Å²) in [4.78, 5) is 2.29. The van der Waals surface area contributed by atoms with Crippen molar-refractivity contribution >= 4 is 0 Å². The van der Waals surface area contributed by atoms with Crippen molar-refractivity contribution in [2.75, 3.05) is 6.54 Å². The van der Waals surface area contributed by atoms with Gasteiger partial charge in [0.1, 0.15) is 5.76 Å².